The van der Waals surface area contributed by atoms with E-state index in [-0.39, 0.29) is 11.4 Å². The molecule has 25 heavy (non-hydrogen) atoms. The Labute approximate surface area is 144 Å². The molecule has 0 bridgehead atoms. The summed E-state index contributed by atoms with van der Waals surface area (Å²) in [7, 11) is 2.96. The Kier molecular flexibility index (Phi) is 4.35. The highest BCUT2D eigenvalue weighted by molar-refractivity contribution is 6.16. The third-order valence-corrected chi connectivity index (χ3v) is 3.99. The summed E-state index contributed by atoms with van der Waals surface area (Å²) < 4.78 is 2.29. The van der Waals surface area contributed by atoms with Gasteiger partial charge in [-0.3, -0.25) is 13.9 Å². The summed E-state index contributed by atoms with van der Waals surface area (Å²) in [6, 6.07) is 18.6. The molecule has 0 spiro atoms. The van der Waals surface area contributed by atoms with E-state index in [2.05, 4.69) is 4.99 Å². The summed E-state index contributed by atoms with van der Waals surface area (Å²) in [4.78, 5) is 29.5. The lowest BCUT2D eigenvalue weighted by Gasteiger charge is -2.14. The van der Waals surface area contributed by atoms with Gasteiger partial charge in [-0.05, 0) is 12.1 Å². The van der Waals surface area contributed by atoms with Crippen LogP contribution in [0.25, 0.3) is 0 Å². The van der Waals surface area contributed by atoms with E-state index in [0.717, 1.165) is 10.1 Å². The van der Waals surface area contributed by atoms with Crippen LogP contribution in [0.5, 0.6) is 0 Å². The maximum atomic E-state index is 12.8. The standard InChI is InChI=1S/C19H18N4O2/c1-22-17(20)15(18(24)23(2)19(22)25)16(13-9-5-3-6-10-13)21-14-11-7-4-8-12-14/h3-12H,20H2,1-2H3. The van der Waals surface area contributed by atoms with Crippen LogP contribution in [0.2, 0.25) is 0 Å². The van der Waals surface area contributed by atoms with E-state index in [9.17, 15) is 9.59 Å². The van der Waals surface area contributed by atoms with Gasteiger partial charge in [0, 0.05) is 19.7 Å². The van der Waals surface area contributed by atoms with Crippen molar-refractivity contribution in [2.45, 2.75) is 0 Å². The van der Waals surface area contributed by atoms with Crippen molar-refractivity contribution < 1.29 is 0 Å². The van der Waals surface area contributed by atoms with Crippen LogP contribution in [0, 0.1) is 0 Å². The molecule has 0 saturated heterocycles. The minimum Gasteiger partial charge on any atom is -0.384 e. The number of rotatable bonds is 3. The molecule has 0 aliphatic heterocycles. The molecule has 0 unspecified atom stereocenters. The molecular formula is C19H18N4O2. The zero-order chi connectivity index (χ0) is 18.0. The lowest BCUT2D eigenvalue weighted by atomic mass is 10.0. The average Bonchev–Trinajstić information content (AvgIpc) is 2.65. The molecule has 6 heteroatoms. The van der Waals surface area contributed by atoms with E-state index in [1.54, 1.807) is 0 Å². The monoisotopic (exact) mass is 334 g/mol. The molecule has 6 nitrogen and oxygen atoms in total. The van der Waals surface area contributed by atoms with Gasteiger partial charge >= 0.3 is 5.69 Å². The molecule has 0 fully saturated rings. The summed E-state index contributed by atoms with van der Waals surface area (Å²) in [5.41, 5.74) is 7.24. The number of para-hydroxylation sites is 1. The minimum atomic E-state index is -0.474. The van der Waals surface area contributed by atoms with Gasteiger partial charge in [-0.2, -0.15) is 0 Å². The normalized spacial score (nSPS) is 11.5. The van der Waals surface area contributed by atoms with E-state index in [1.165, 1.54) is 18.7 Å². The van der Waals surface area contributed by atoms with Crippen molar-refractivity contribution in [2.75, 3.05) is 5.73 Å². The number of nitrogen functional groups attached to an aromatic ring is 1. The molecule has 1 heterocycles. The molecule has 3 rings (SSSR count). The fraction of sp³-hybridized carbons (Fsp3) is 0.105. The predicted molar refractivity (Wildman–Crippen MR) is 99.5 cm³/mol. The predicted octanol–water partition coefficient (Wildman–Crippen LogP) is 1.84. The molecule has 0 aliphatic carbocycles. The molecule has 2 aromatic carbocycles. The molecule has 0 saturated carbocycles. The molecular weight excluding hydrogens is 316 g/mol. The van der Waals surface area contributed by atoms with Crippen LogP contribution in [-0.2, 0) is 14.1 Å². The van der Waals surface area contributed by atoms with Gasteiger partial charge in [0.1, 0.15) is 11.4 Å². The number of nitrogens with zero attached hydrogens (tertiary/aromatic N) is 3. The van der Waals surface area contributed by atoms with Crippen LogP contribution in [-0.4, -0.2) is 14.8 Å². The zero-order valence-corrected chi connectivity index (χ0v) is 14.0. The molecule has 0 radical (unpaired) electrons. The third-order valence-electron chi connectivity index (χ3n) is 3.99. The Morgan fingerprint density at radius 3 is 2.04 bits per heavy atom. The van der Waals surface area contributed by atoms with Crippen molar-refractivity contribution in [1.29, 1.82) is 0 Å². The van der Waals surface area contributed by atoms with Crippen LogP contribution >= 0.6 is 0 Å². The Bertz CT molecular complexity index is 1050. The fourth-order valence-electron chi connectivity index (χ4n) is 2.57. The Morgan fingerprint density at radius 2 is 1.44 bits per heavy atom. The van der Waals surface area contributed by atoms with Crippen molar-refractivity contribution in [3.63, 3.8) is 0 Å². The maximum Gasteiger partial charge on any atom is 0.332 e. The van der Waals surface area contributed by atoms with E-state index in [0.29, 0.717) is 11.4 Å². The highest BCUT2D eigenvalue weighted by Gasteiger charge is 2.20. The quantitative estimate of drug-likeness (QED) is 0.742. The second kappa shape index (κ2) is 6.60. The van der Waals surface area contributed by atoms with Crippen LogP contribution in [0.15, 0.2) is 75.2 Å². The topological polar surface area (TPSA) is 82.4 Å². The van der Waals surface area contributed by atoms with Crippen LogP contribution in [0.1, 0.15) is 11.1 Å². The summed E-state index contributed by atoms with van der Waals surface area (Å²) in [6.45, 7) is 0. The summed E-state index contributed by atoms with van der Waals surface area (Å²) >= 11 is 0. The molecule has 3 aromatic rings. The smallest absolute Gasteiger partial charge is 0.332 e. The number of anilines is 1. The Morgan fingerprint density at radius 1 is 0.880 bits per heavy atom. The van der Waals surface area contributed by atoms with Gasteiger partial charge in [-0.15, -0.1) is 0 Å². The second-order valence-electron chi connectivity index (χ2n) is 5.63. The largest absolute Gasteiger partial charge is 0.384 e. The van der Waals surface area contributed by atoms with E-state index < -0.39 is 11.2 Å². The first kappa shape index (κ1) is 16.4. The van der Waals surface area contributed by atoms with Gasteiger partial charge < -0.3 is 5.73 Å². The molecule has 1 aromatic heterocycles. The lowest BCUT2D eigenvalue weighted by Crippen LogP contribution is -2.41. The van der Waals surface area contributed by atoms with Gasteiger partial charge in [-0.1, -0.05) is 48.5 Å². The van der Waals surface area contributed by atoms with Crippen LogP contribution in [0.4, 0.5) is 11.5 Å². The number of aliphatic imine (C=N–C) groups is 1. The van der Waals surface area contributed by atoms with Gasteiger partial charge in [-0.25, -0.2) is 9.79 Å². The van der Waals surface area contributed by atoms with Gasteiger partial charge in [0.2, 0.25) is 0 Å². The van der Waals surface area contributed by atoms with Gasteiger partial charge in [0.05, 0.1) is 11.4 Å². The maximum absolute atomic E-state index is 12.8. The first-order valence-electron chi connectivity index (χ1n) is 7.75. The minimum absolute atomic E-state index is 0.0895. The van der Waals surface area contributed by atoms with Crippen molar-refractivity contribution >= 4 is 17.2 Å². The number of nitrogens with two attached hydrogens (primary N) is 1. The number of benzene rings is 2. The summed E-state index contributed by atoms with van der Waals surface area (Å²) in [5, 5.41) is 0. The van der Waals surface area contributed by atoms with Gasteiger partial charge in [0.15, 0.2) is 0 Å². The fourth-order valence-corrected chi connectivity index (χ4v) is 2.57. The highest BCUT2D eigenvalue weighted by atomic mass is 16.2. The van der Waals surface area contributed by atoms with Crippen LogP contribution < -0.4 is 17.0 Å². The van der Waals surface area contributed by atoms with Gasteiger partial charge in [0.25, 0.3) is 5.56 Å². The first-order chi connectivity index (χ1) is 12.0. The lowest BCUT2D eigenvalue weighted by molar-refractivity contribution is 0.692. The van der Waals surface area contributed by atoms with Crippen LogP contribution in [0.3, 0.4) is 0 Å². The first-order valence-corrected chi connectivity index (χ1v) is 7.75. The Hall–Kier alpha value is -3.41. The zero-order valence-electron chi connectivity index (χ0n) is 14.0. The average molecular weight is 334 g/mol. The van der Waals surface area contributed by atoms with Crippen molar-refractivity contribution in [3.8, 4) is 0 Å². The van der Waals surface area contributed by atoms with E-state index in [1.807, 2.05) is 60.7 Å². The van der Waals surface area contributed by atoms with E-state index in [4.69, 9.17) is 5.73 Å². The van der Waals surface area contributed by atoms with Crippen molar-refractivity contribution in [2.24, 2.45) is 19.1 Å². The second-order valence-corrected chi connectivity index (χ2v) is 5.63. The summed E-state index contributed by atoms with van der Waals surface area (Å²) in [5.74, 6) is 0.0895. The molecule has 0 atom stereocenters. The third kappa shape index (κ3) is 3.01. The highest BCUT2D eigenvalue weighted by Crippen LogP contribution is 2.18. The molecule has 126 valence electrons. The number of hydrogen-bond donors (Lipinski definition) is 1. The summed E-state index contributed by atoms with van der Waals surface area (Å²) in [6.07, 6.45) is 0. The number of hydrogen-bond acceptors (Lipinski definition) is 4. The molecule has 0 amide bonds. The number of aromatic nitrogens is 2. The van der Waals surface area contributed by atoms with E-state index >= 15 is 0 Å². The van der Waals surface area contributed by atoms with Crippen molar-refractivity contribution in [3.05, 3.63) is 92.6 Å². The van der Waals surface area contributed by atoms with Crippen molar-refractivity contribution in [1.82, 2.24) is 9.13 Å². The SMILES string of the molecule is Cn1c(N)c(C(=Nc2ccccc2)c2ccccc2)c(=O)n(C)c1=O. The molecule has 0 aliphatic rings. The molecule has 2 N–H and O–H groups in total. The Balaban J connectivity index is 2.37.